The molecule has 0 aromatic heterocycles. The van der Waals surface area contributed by atoms with E-state index in [-0.39, 0.29) is 6.61 Å². The first kappa shape index (κ1) is 20.1. The normalized spacial score (nSPS) is 17.8. The zero-order valence-electron chi connectivity index (χ0n) is 15.8. The SMILES string of the molecule is CC(=O)O[C@@H]1C(COC(=O)c2ccccc2)=CC=C[C@H]1OC(=O)c1ccccc1. The van der Waals surface area contributed by atoms with Gasteiger partial charge in [0.2, 0.25) is 0 Å². The molecule has 0 saturated heterocycles. The third-order valence-corrected chi connectivity index (χ3v) is 4.20. The first-order valence-corrected chi connectivity index (χ1v) is 9.07. The summed E-state index contributed by atoms with van der Waals surface area (Å²) >= 11 is 0. The zero-order valence-corrected chi connectivity index (χ0v) is 15.8. The Kier molecular flexibility index (Phi) is 6.58. The van der Waals surface area contributed by atoms with Crippen molar-refractivity contribution in [1.82, 2.24) is 0 Å². The number of rotatable bonds is 6. The third-order valence-electron chi connectivity index (χ3n) is 4.20. The molecule has 6 nitrogen and oxygen atoms in total. The van der Waals surface area contributed by atoms with Crippen LogP contribution in [0.5, 0.6) is 0 Å². The Labute approximate surface area is 168 Å². The fourth-order valence-corrected chi connectivity index (χ4v) is 2.82. The van der Waals surface area contributed by atoms with Gasteiger partial charge in [-0.1, -0.05) is 48.6 Å². The Morgan fingerprint density at radius 3 is 2.00 bits per heavy atom. The molecule has 3 rings (SSSR count). The first-order valence-electron chi connectivity index (χ1n) is 9.07. The highest BCUT2D eigenvalue weighted by Crippen LogP contribution is 2.22. The van der Waals surface area contributed by atoms with Crippen LogP contribution in [0.15, 0.2) is 84.5 Å². The lowest BCUT2D eigenvalue weighted by molar-refractivity contribution is -0.148. The number of carbonyl (C=O) groups excluding carboxylic acids is 3. The number of benzene rings is 2. The quantitative estimate of drug-likeness (QED) is 0.553. The van der Waals surface area contributed by atoms with Gasteiger partial charge in [-0.2, -0.15) is 0 Å². The number of ether oxygens (including phenoxy) is 3. The molecule has 0 radical (unpaired) electrons. The number of hydrogen-bond donors (Lipinski definition) is 0. The van der Waals surface area contributed by atoms with E-state index < -0.39 is 30.1 Å². The Balaban J connectivity index is 1.70. The highest BCUT2D eigenvalue weighted by atomic mass is 16.6. The van der Waals surface area contributed by atoms with Gasteiger partial charge in [-0.25, -0.2) is 9.59 Å². The average molecular weight is 392 g/mol. The fraction of sp³-hybridized carbons (Fsp3) is 0.174. The van der Waals surface area contributed by atoms with Crippen LogP contribution < -0.4 is 0 Å². The molecule has 2 atom stereocenters. The van der Waals surface area contributed by atoms with E-state index in [0.717, 1.165) is 0 Å². The summed E-state index contributed by atoms with van der Waals surface area (Å²) in [6.07, 6.45) is 3.26. The summed E-state index contributed by atoms with van der Waals surface area (Å²) in [7, 11) is 0. The summed E-state index contributed by atoms with van der Waals surface area (Å²) < 4.78 is 16.2. The lowest BCUT2D eigenvalue weighted by atomic mass is 9.99. The summed E-state index contributed by atoms with van der Waals surface area (Å²) in [5.41, 5.74) is 1.31. The standard InChI is InChI=1S/C23H20O6/c1-16(24)28-21-19(15-27-22(25)17-9-4-2-5-10-17)13-8-14-20(21)29-23(26)18-11-6-3-7-12-18/h2-14,20-21H,15H2,1H3/t20-,21-/m1/s1. The maximum Gasteiger partial charge on any atom is 0.338 e. The average Bonchev–Trinajstić information content (AvgIpc) is 2.74. The molecule has 2 aromatic rings. The van der Waals surface area contributed by atoms with Crippen LogP contribution in [-0.2, 0) is 19.0 Å². The van der Waals surface area contributed by atoms with Gasteiger partial charge in [-0.3, -0.25) is 4.79 Å². The van der Waals surface area contributed by atoms with Crippen molar-refractivity contribution in [3.8, 4) is 0 Å². The Hall–Kier alpha value is -3.67. The molecule has 0 bridgehead atoms. The minimum absolute atomic E-state index is 0.102. The summed E-state index contributed by atoms with van der Waals surface area (Å²) in [6, 6.07) is 17.1. The van der Waals surface area contributed by atoms with E-state index in [4.69, 9.17) is 14.2 Å². The zero-order chi connectivity index (χ0) is 20.6. The maximum absolute atomic E-state index is 12.4. The predicted octanol–water partition coefficient (Wildman–Crippen LogP) is 3.50. The molecule has 0 unspecified atom stereocenters. The highest BCUT2D eigenvalue weighted by Gasteiger charge is 2.32. The van der Waals surface area contributed by atoms with Crippen molar-refractivity contribution < 1.29 is 28.6 Å². The van der Waals surface area contributed by atoms with E-state index in [1.807, 2.05) is 0 Å². The highest BCUT2D eigenvalue weighted by molar-refractivity contribution is 5.90. The Bertz CT molecular complexity index is 930. The molecule has 0 saturated carbocycles. The minimum Gasteiger partial charge on any atom is -0.457 e. The molecule has 0 heterocycles. The van der Waals surface area contributed by atoms with Gasteiger partial charge in [0.15, 0.2) is 12.2 Å². The molecule has 0 spiro atoms. The largest absolute Gasteiger partial charge is 0.457 e. The van der Waals surface area contributed by atoms with E-state index in [1.165, 1.54) is 6.92 Å². The van der Waals surface area contributed by atoms with E-state index >= 15 is 0 Å². The minimum atomic E-state index is -0.881. The van der Waals surface area contributed by atoms with Gasteiger partial charge in [-0.05, 0) is 30.3 Å². The molecule has 29 heavy (non-hydrogen) atoms. The maximum atomic E-state index is 12.4. The van der Waals surface area contributed by atoms with Crippen LogP contribution >= 0.6 is 0 Å². The monoisotopic (exact) mass is 392 g/mol. The van der Waals surface area contributed by atoms with Gasteiger partial charge < -0.3 is 14.2 Å². The molecule has 0 N–H and O–H groups in total. The lowest BCUT2D eigenvalue weighted by Crippen LogP contribution is -2.38. The topological polar surface area (TPSA) is 78.9 Å². The summed E-state index contributed by atoms with van der Waals surface area (Å²) in [6.45, 7) is 1.16. The molecule has 1 aliphatic carbocycles. The van der Waals surface area contributed by atoms with Crippen LogP contribution in [0, 0.1) is 0 Å². The molecule has 0 aliphatic heterocycles. The number of esters is 3. The Morgan fingerprint density at radius 1 is 0.828 bits per heavy atom. The second-order valence-electron chi connectivity index (χ2n) is 6.33. The first-order chi connectivity index (χ1) is 14.0. The van der Waals surface area contributed by atoms with Crippen molar-refractivity contribution in [3.05, 3.63) is 95.6 Å². The molecule has 0 amide bonds. The number of allylic oxidation sites excluding steroid dienone is 2. The molecule has 2 aromatic carbocycles. The summed E-state index contributed by atoms with van der Waals surface area (Å²) in [5, 5.41) is 0. The van der Waals surface area contributed by atoms with Crippen LogP contribution in [-0.4, -0.2) is 36.7 Å². The second kappa shape index (κ2) is 9.50. The van der Waals surface area contributed by atoms with Crippen molar-refractivity contribution >= 4 is 17.9 Å². The van der Waals surface area contributed by atoms with E-state index in [0.29, 0.717) is 16.7 Å². The summed E-state index contributed by atoms with van der Waals surface area (Å²) in [5.74, 6) is -1.58. The van der Waals surface area contributed by atoms with Gasteiger partial charge >= 0.3 is 17.9 Å². The van der Waals surface area contributed by atoms with Gasteiger partial charge in [0.1, 0.15) is 6.61 Å². The van der Waals surface area contributed by atoms with Crippen molar-refractivity contribution in [2.45, 2.75) is 19.1 Å². The van der Waals surface area contributed by atoms with Crippen LogP contribution in [0.2, 0.25) is 0 Å². The van der Waals surface area contributed by atoms with E-state index in [1.54, 1.807) is 78.9 Å². The molecular formula is C23H20O6. The van der Waals surface area contributed by atoms with Crippen LogP contribution in [0.1, 0.15) is 27.6 Å². The molecule has 148 valence electrons. The number of hydrogen-bond acceptors (Lipinski definition) is 6. The summed E-state index contributed by atoms with van der Waals surface area (Å²) in [4.78, 5) is 36.2. The van der Waals surface area contributed by atoms with Crippen molar-refractivity contribution in [3.63, 3.8) is 0 Å². The predicted molar refractivity (Wildman–Crippen MR) is 105 cm³/mol. The van der Waals surface area contributed by atoms with Crippen LogP contribution in [0.3, 0.4) is 0 Å². The van der Waals surface area contributed by atoms with Crippen molar-refractivity contribution in [2.75, 3.05) is 6.61 Å². The number of carbonyl (C=O) groups is 3. The smallest absolute Gasteiger partial charge is 0.338 e. The van der Waals surface area contributed by atoms with Gasteiger partial charge in [0, 0.05) is 12.5 Å². The van der Waals surface area contributed by atoms with Crippen molar-refractivity contribution in [2.24, 2.45) is 0 Å². The van der Waals surface area contributed by atoms with Gasteiger partial charge in [0.05, 0.1) is 11.1 Å². The van der Waals surface area contributed by atoms with Crippen LogP contribution in [0.4, 0.5) is 0 Å². The molecular weight excluding hydrogens is 372 g/mol. The van der Waals surface area contributed by atoms with Crippen molar-refractivity contribution in [1.29, 1.82) is 0 Å². The lowest BCUT2D eigenvalue weighted by Gasteiger charge is -2.28. The van der Waals surface area contributed by atoms with E-state index in [2.05, 4.69) is 0 Å². The molecule has 0 fully saturated rings. The molecule has 1 aliphatic rings. The second-order valence-corrected chi connectivity index (χ2v) is 6.33. The van der Waals surface area contributed by atoms with Crippen LogP contribution in [0.25, 0.3) is 0 Å². The van der Waals surface area contributed by atoms with Gasteiger partial charge in [0.25, 0.3) is 0 Å². The van der Waals surface area contributed by atoms with Gasteiger partial charge in [-0.15, -0.1) is 0 Å². The van der Waals surface area contributed by atoms with E-state index in [9.17, 15) is 14.4 Å². The third kappa shape index (κ3) is 5.42. The fourth-order valence-electron chi connectivity index (χ4n) is 2.82. The molecule has 6 heteroatoms. The Morgan fingerprint density at radius 2 is 1.41 bits per heavy atom.